The van der Waals surface area contributed by atoms with Gasteiger partial charge >= 0.3 is 0 Å². The van der Waals surface area contributed by atoms with Gasteiger partial charge in [-0.1, -0.05) is 19.3 Å². The molecule has 0 aliphatic heterocycles. The predicted molar refractivity (Wildman–Crippen MR) is 105 cm³/mol. The van der Waals surface area contributed by atoms with E-state index >= 15 is 0 Å². The number of ether oxygens (including phenoxy) is 1. The van der Waals surface area contributed by atoms with E-state index in [1.54, 1.807) is 36.4 Å². The van der Waals surface area contributed by atoms with Crippen LogP contribution >= 0.6 is 0 Å². The molecule has 0 spiro atoms. The fourth-order valence-corrected chi connectivity index (χ4v) is 3.79. The number of nitrogens with two attached hydrogens (primary N) is 1. The summed E-state index contributed by atoms with van der Waals surface area (Å²) in [5.41, 5.74) is 6.12. The number of rotatable bonds is 5. The van der Waals surface area contributed by atoms with Gasteiger partial charge in [0.1, 0.15) is 11.5 Å². The Kier molecular flexibility index (Phi) is 5.53. The van der Waals surface area contributed by atoms with Gasteiger partial charge in [-0.05, 0) is 61.4 Å². The number of benzene rings is 2. The molecule has 2 aromatic rings. The summed E-state index contributed by atoms with van der Waals surface area (Å²) in [6.07, 6.45) is 5.68. The lowest BCUT2D eigenvalue weighted by molar-refractivity contribution is -0.122. The molecular formula is C20H24N2O4S. The lowest BCUT2D eigenvalue weighted by atomic mass is 9.82. The fraction of sp³-hybridized carbons (Fsp3) is 0.350. The van der Waals surface area contributed by atoms with Crippen molar-refractivity contribution in [1.29, 1.82) is 0 Å². The Morgan fingerprint density at radius 1 is 0.963 bits per heavy atom. The number of carbonyl (C=O) groups excluding carboxylic acids is 1. The van der Waals surface area contributed by atoms with E-state index in [1.807, 2.05) is 0 Å². The van der Waals surface area contributed by atoms with E-state index in [0.717, 1.165) is 25.5 Å². The molecule has 7 heteroatoms. The van der Waals surface area contributed by atoms with Crippen molar-refractivity contribution < 1.29 is 17.9 Å². The zero-order valence-electron chi connectivity index (χ0n) is 15.3. The molecule has 0 radical (unpaired) electrons. The number of nitrogens with one attached hydrogen (secondary N) is 1. The van der Waals surface area contributed by atoms with Gasteiger partial charge in [0.25, 0.3) is 0 Å². The van der Waals surface area contributed by atoms with Crippen molar-refractivity contribution in [2.24, 2.45) is 5.73 Å². The van der Waals surface area contributed by atoms with Crippen molar-refractivity contribution in [2.45, 2.75) is 42.5 Å². The first-order chi connectivity index (χ1) is 12.8. The second kappa shape index (κ2) is 7.70. The molecule has 1 saturated carbocycles. The van der Waals surface area contributed by atoms with Gasteiger partial charge in [-0.3, -0.25) is 4.79 Å². The van der Waals surface area contributed by atoms with Crippen LogP contribution in [0.15, 0.2) is 53.4 Å². The van der Waals surface area contributed by atoms with Crippen molar-refractivity contribution in [3.63, 3.8) is 0 Å². The minimum atomic E-state index is -3.23. The van der Waals surface area contributed by atoms with E-state index in [2.05, 4.69) is 5.32 Å². The van der Waals surface area contributed by atoms with E-state index in [4.69, 9.17) is 10.5 Å². The molecule has 1 aliphatic carbocycles. The van der Waals surface area contributed by atoms with Crippen LogP contribution in [0.5, 0.6) is 11.5 Å². The lowest BCUT2D eigenvalue weighted by Gasteiger charge is -2.31. The molecule has 1 aliphatic rings. The van der Waals surface area contributed by atoms with Crippen LogP contribution in [-0.2, 0) is 14.6 Å². The van der Waals surface area contributed by atoms with Gasteiger partial charge in [0, 0.05) is 11.9 Å². The molecule has 2 aromatic carbocycles. The second-order valence-electron chi connectivity index (χ2n) is 7.04. The maximum atomic E-state index is 12.5. The number of hydrogen-bond donors (Lipinski definition) is 2. The van der Waals surface area contributed by atoms with Crippen LogP contribution in [-0.4, -0.2) is 26.1 Å². The first kappa shape index (κ1) is 19.4. The summed E-state index contributed by atoms with van der Waals surface area (Å²) in [6, 6.07) is 13.2. The minimum absolute atomic E-state index is 0.146. The molecule has 3 rings (SSSR count). The molecule has 1 fully saturated rings. The Labute approximate surface area is 159 Å². The summed E-state index contributed by atoms with van der Waals surface area (Å²) in [6.45, 7) is 0. The Balaban J connectivity index is 1.62. The summed E-state index contributed by atoms with van der Waals surface area (Å²) >= 11 is 0. The first-order valence-corrected chi connectivity index (χ1v) is 10.8. The molecule has 0 bridgehead atoms. The van der Waals surface area contributed by atoms with Gasteiger partial charge in [0.2, 0.25) is 5.91 Å². The Morgan fingerprint density at radius 3 is 2.00 bits per heavy atom. The highest BCUT2D eigenvalue weighted by Crippen LogP contribution is 2.28. The zero-order chi connectivity index (χ0) is 19.5. The van der Waals surface area contributed by atoms with Crippen LogP contribution < -0.4 is 15.8 Å². The highest BCUT2D eigenvalue weighted by Gasteiger charge is 2.35. The molecule has 1 amide bonds. The van der Waals surface area contributed by atoms with Gasteiger partial charge in [0.05, 0.1) is 10.4 Å². The number of hydrogen-bond acceptors (Lipinski definition) is 5. The summed E-state index contributed by atoms with van der Waals surface area (Å²) in [5.74, 6) is 0.967. The third kappa shape index (κ3) is 4.87. The summed E-state index contributed by atoms with van der Waals surface area (Å²) in [4.78, 5) is 12.7. The van der Waals surface area contributed by atoms with Gasteiger partial charge in [0.15, 0.2) is 9.84 Å². The maximum Gasteiger partial charge on any atom is 0.244 e. The highest BCUT2D eigenvalue weighted by atomic mass is 32.2. The molecule has 0 saturated heterocycles. The van der Waals surface area contributed by atoms with Gasteiger partial charge in [-0.25, -0.2) is 8.42 Å². The van der Waals surface area contributed by atoms with Crippen molar-refractivity contribution in [2.75, 3.05) is 11.6 Å². The number of sulfone groups is 1. The maximum absolute atomic E-state index is 12.5. The molecule has 3 N–H and O–H groups in total. The average molecular weight is 388 g/mol. The fourth-order valence-electron chi connectivity index (χ4n) is 3.16. The molecule has 0 unspecified atom stereocenters. The van der Waals surface area contributed by atoms with Gasteiger partial charge < -0.3 is 15.8 Å². The third-order valence-corrected chi connectivity index (χ3v) is 5.93. The highest BCUT2D eigenvalue weighted by molar-refractivity contribution is 7.90. The molecule has 144 valence electrons. The number of amides is 1. The molecule has 27 heavy (non-hydrogen) atoms. The van der Waals surface area contributed by atoms with Crippen molar-refractivity contribution in [1.82, 2.24) is 0 Å². The van der Waals surface area contributed by atoms with E-state index in [0.29, 0.717) is 30.0 Å². The third-order valence-electron chi connectivity index (χ3n) is 4.80. The number of anilines is 1. The largest absolute Gasteiger partial charge is 0.457 e. The molecule has 0 heterocycles. The smallest absolute Gasteiger partial charge is 0.244 e. The van der Waals surface area contributed by atoms with Crippen LogP contribution in [0.1, 0.15) is 32.1 Å². The van der Waals surface area contributed by atoms with E-state index in [-0.39, 0.29) is 10.8 Å². The minimum Gasteiger partial charge on any atom is -0.457 e. The second-order valence-corrected chi connectivity index (χ2v) is 9.06. The standard InChI is InChI=1S/C20H24N2O4S/c1-27(24,25)18-11-9-17(10-12-18)26-16-7-5-15(6-8-16)22-19(23)20(21)13-3-2-4-14-20/h5-12H,2-4,13-14,21H2,1H3,(H,22,23). The van der Waals surface area contributed by atoms with Crippen molar-refractivity contribution in [3.05, 3.63) is 48.5 Å². The van der Waals surface area contributed by atoms with Crippen LogP contribution in [0, 0.1) is 0 Å². The van der Waals surface area contributed by atoms with Crippen molar-refractivity contribution in [3.8, 4) is 11.5 Å². The van der Waals surface area contributed by atoms with Crippen LogP contribution in [0.25, 0.3) is 0 Å². The van der Waals surface area contributed by atoms with Crippen molar-refractivity contribution >= 4 is 21.4 Å². The molecule has 0 aromatic heterocycles. The molecule has 6 nitrogen and oxygen atoms in total. The predicted octanol–water partition coefficient (Wildman–Crippen LogP) is 3.48. The SMILES string of the molecule is CS(=O)(=O)c1ccc(Oc2ccc(NC(=O)C3(N)CCCCC3)cc2)cc1. The summed E-state index contributed by atoms with van der Waals surface area (Å²) in [7, 11) is -3.23. The average Bonchev–Trinajstić information content (AvgIpc) is 2.64. The van der Waals surface area contributed by atoms with Crippen LogP contribution in [0.4, 0.5) is 5.69 Å². The molecular weight excluding hydrogens is 364 g/mol. The lowest BCUT2D eigenvalue weighted by Crippen LogP contribution is -2.52. The Morgan fingerprint density at radius 2 is 1.48 bits per heavy atom. The topological polar surface area (TPSA) is 98.5 Å². The molecule has 0 atom stereocenters. The monoisotopic (exact) mass is 388 g/mol. The van der Waals surface area contributed by atoms with Crippen LogP contribution in [0.2, 0.25) is 0 Å². The Hall–Kier alpha value is -2.38. The van der Waals surface area contributed by atoms with Crippen LogP contribution in [0.3, 0.4) is 0 Å². The van der Waals surface area contributed by atoms with E-state index in [1.165, 1.54) is 12.1 Å². The van der Waals surface area contributed by atoms with E-state index < -0.39 is 15.4 Å². The van der Waals surface area contributed by atoms with Gasteiger partial charge in [-0.2, -0.15) is 0 Å². The Bertz CT molecular complexity index is 900. The normalized spacial score (nSPS) is 16.5. The first-order valence-electron chi connectivity index (χ1n) is 8.95. The quantitative estimate of drug-likeness (QED) is 0.817. The van der Waals surface area contributed by atoms with Gasteiger partial charge in [-0.15, -0.1) is 0 Å². The van der Waals surface area contributed by atoms with E-state index in [9.17, 15) is 13.2 Å². The summed E-state index contributed by atoms with van der Waals surface area (Å²) in [5, 5.41) is 2.88. The number of carbonyl (C=O) groups is 1. The zero-order valence-corrected chi connectivity index (χ0v) is 16.1. The summed E-state index contributed by atoms with van der Waals surface area (Å²) < 4.78 is 28.7.